The predicted molar refractivity (Wildman–Crippen MR) is 72.3 cm³/mol. The Morgan fingerprint density at radius 1 is 1.47 bits per heavy atom. The largest absolute Gasteiger partial charge is 0.481 e. The molecule has 0 aliphatic rings. The Bertz CT molecular complexity index is 604. The zero-order valence-electron chi connectivity index (χ0n) is 11.3. The number of carboxylic acid groups (broad SMARTS) is 1. The fourth-order valence-corrected chi connectivity index (χ4v) is 1.97. The molecule has 0 saturated carbocycles. The molecule has 6 heteroatoms. The summed E-state index contributed by atoms with van der Waals surface area (Å²) in [5.41, 5.74) is 1.53. The summed E-state index contributed by atoms with van der Waals surface area (Å²) in [6.07, 6.45) is 2.17. The van der Waals surface area contributed by atoms with E-state index in [1.807, 2.05) is 32.9 Å². The number of rotatable bonds is 5. The van der Waals surface area contributed by atoms with Crippen LogP contribution in [0.15, 0.2) is 18.5 Å². The maximum absolute atomic E-state index is 10.7. The molecule has 0 aliphatic heterocycles. The third-order valence-corrected chi connectivity index (χ3v) is 2.95. The molecule has 2 N–H and O–H groups in total. The molecule has 0 atom stereocenters. The van der Waals surface area contributed by atoms with Crippen molar-refractivity contribution in [1.82, 2.24) is 14.6 Å². The molecule has 0 unspecified atom stereocenters. The van der Waals surface area contributed by atoms with Crippen LogP contribution in [0, 0.1) is 6.92 Å². The van der Waals surface area contributed by atoms with Crippen LogP contribution >= 0.6 is 0 Å². The van der Waals surface area contributed by atoms with Gasteiger partial charge in [0.15, 0.2) is 5.65 Å². The Morgan fingerprint density at radius 3 is 2.89 bits per heavy atom. The average Bonchev–Trinajstić information content (AvgIpc) is 2.74. The second kappa shape index (κ2) is 4.87. The van der Waals surface area contributed by atoms with Crippen molar-refractivity contribution in [2.75, 3.05) is 5.32 Å². The normalized spacial score (nSPS) is 11.7. The number of pyridine rings is 1. The Kier molecular flexibility index (Phi) is 3.42. The lowest BCUT2D eigenvalue weighted by Gasteiger charge is -2.27. The Labute approximate surface area is 111 Å². The molecule has 0 spiro atoms. The van der Waals surface area contributed by atoms with Crippen LogP contribution in [0.4, 0.5) is 5.82 Å². The SMILES string of the molecule is Cc1cc(NC(C)(C)CCC(=O)O)n2ncnc2c1. The molecule has 19 heavy (non-hydrogen) atoms. The maximum Gasteiger partial charge on any atom is 0.303 e. The van der Waals surface area contributed by atoms with E-state index in [2.05, 4.69) is 15.4 Å². The van der Waals surface area contributed by atoms with Crippen molar-refractivity contribution in [2.45, 2.75) is 39.2 Å². The molecular weight excluding hydrogens is 244 g/mol. The van der Waals surface area contributed by atoms with E-state index in [9.17, 15) is 4.79 Å². The van der Waals surface area contributed by atoms with Gasteiger partial charge in [-0.15, -0.1) is 0 Å². The Morgan fingerprint density at radius 2 is 2.21 bits per heavy atom. The molecule has 0 amide bonds. The van der Waals surface area contributed by atoms with Crippen molar-refractivity contribution in [3.8, 4) is 0 Å². The van der Waals surface area contributed by atoms with Gasteiger partial charge in [0.05, 0.1) is 0 Å². The lowest BCUT2D eigenvalue weighted by Crippen LogP contribution is -2.32. The first-order valence-corrected chi connectivity index (χ1v) is 6.18. The molecule has 0 fully saturated rings. The van der Waals surface area contributed by atoms with E-state index in [0.717, 1.165) is 17.0 Å². The summed E-state index contributed by atoms with van der Waals surface area (Å²) in [5, 5.41) is 16.3. The van der Waals surface area contributed by atoms with Gasteiger partial charge >= 0.3 is 5.97 Å². The van der Waals surface area contributed by atoms with Gasteiger partial charge in [-0.25, -0.2) is 4.98 Å². The molecular formula is C13H18N4O2. The number of anilines is 1. The van der Waals surface area contributed by atoms with Gasteiger partial charge in [-0.1, -0.05) is 0 Å². The number of hydrogen-bond donors (Lipinski definition) is 2. The highest BCUT2D eigenvalue weighted by atomic mass is 16.4. The van der Waals surface area contributed by atoms with Crippen molar-refractivity contribution in [3.05, 3.63) is 24.0 Å². The minimum atomic E-state index is -0.787. The highest BCUT2D eigenvalue weighted by Crippen LogP contribution is 2.21. The van der Waals surface area contributed by atoms with Crippen LogP contribution in [0.1, 0.15) is 32.3 Å². The number of nitrogens with one attached hydrogen (secondary N) is 1. The van der Waals surface area contributed by atoms with Crippen LogP contribution in [-0.4, -0.2) is 31.2 Å². The first kappa shape index (κ1) is 13.3. The van der Waals surface area contributed by atoms with Crippen molar-refractivity contribution < 1.29 is 9.90 Å². The maximum atomic E-state index is 10.7. The van der Waals surface area contributed by atoms with E-state index < -0.39 is 5.97 Å². The number of aromatic nitrogens is 3. The third kappa shape index (κ3) is 3.21. The lowest BCUT2D eigenvalue weighted by molar-refractivity contribution is -0.137. The van der Waals surface area contributed by atoms with Gasteiger partial charge in [-0.05, 0) is 44.9 Å². The molecule has 0 aliphatic carbocycles. The van der Waals surface area contributed by atoms with Gasteiger partial charge in [-0.2, -0.15) is 9.61 Å². The summed E-state index contributed by atoms with van der Waals surface area (Å²) in [4.78, 5) is 14.8. The lowest BCUT2D eigenvalue weighted by atomic mass is 9.98. The highest BCUT2D eigenvalue weighted by Gasteiger charge is 2.20. The van der Waals surface area contributed by atoms with Crippen molar-refractivity contribution in [1.29, 1.82) is 0 Å². The molecule has 0 aromatic carbocycles. The van der Waals surface area contributed by atoms with E-state index in [-0.39, 0.29) is 12.0 Å². The molecule has 2 aromatic rings. The fourth-order valence-electron chi connectivity index (χ4n) is 1.97. The van der Waals surface area contributed by atoms with E-state index in [1.165, 1.54) is 6.33 Å². The van der Waals surface area contributed by atoms with Crippen LogP contribution in [-0.2, 0) is 4.79 Å². The molecule has 2 heterocycles. The van der Waals surface area contributed by atoms with Gasteiger partial charge in [0.2, 0.25) is 0 Å². The number of nitrogens with zero attached hydrogens (tertiary/aromatic N) is 3. The standard InChI is InChI=1S/C13H18N4O2/c1-9-6-10-14-8-15-17(10)11(7-9)16-13(2,3)5-4-12(18)19/h6-8,16H,4-5H2,1-3H3,(H,18,19). The minimum Gasteiger partial charge on any atom is -0.481 e. The zero-order chi connectivity index (χ0) is 14.0. The quantitative estimate of drug-likeness (QED) is 0.862. The first-order valence-electron chi connectivity index (χ1n) is 6.18. The molecule has 0 bridgehead atoms. The second-order valence-corrected chi connectivity index (χ2v) is 5.35. The monoisotopic (exact) mass is 262 g/mol. The van der Waals surface area contributed by atoms with E-state index >= 15 is 0 Å². The van der Waals surface area contributed by atoms with E-state index in [0.29, 0.717) is 6.42 Å². The van der Waals surface area contributed by atoms with Crippen molar-refractivity contribution in [2.24, 2.45) is 0 Å². The summed E-state index contributed by atoms with van der Waals surface area (Å²) in [7, 11) is 0. The number of aryl methyl sites for hydroxylation is 1. The molecule has 2 aromatic heterocycles. The smallest absolute Gasteiger partial charge is 0.303 e. The number of aliphatic carboxylic acids is 1. The average molecular weight is 262 g/mol. The Hall–Kier alpha value is -2.11. The van der Waals surface area contributed by atoms with Crippen LogP contribution in [0.3, 0.4) is 0 Å². The summed E-state index contributed by atoms with van der Waals surface area (Å²) >= 11 is 0. The zero-order valence-corrected chi connectivity index (χ0v) is 11.3. The summed E-state index contributed by atoms with van der Waals surface area (Å²) in [5.74, 6) is 0.0351. The van der Waals surface area contributed by atoms with Gasteiger partial charge in [0, 0.05) is 12.0 Å². The van der Waals surface area contributed by atoms with E-state index in [1.54, 1.807) is 4.52 Å². The Balaban J connectivity index is 2.24. The van der Waals surface area contributed by atoms with Gasteiger partial charge in [0.25, 0.3) is 0 Å². The fraction of sp³-hybridized carbons (Fsp3) is 0.462. The second-order valence-electron chi connectivity index (χ2n) is 5.35. The van der Waals surface area contributed by atoms with Crippen molar-refractivity contribution >= 4 is 17.4 Å². The highest BCUT2D eigenvalue weighted by molar-refractivity contribution is 5.67. The number of carbonyl (C=O) groups is 1. The van der Waals surface area contributed by atoms with Crippen LogP contribution in [0.25, 0.3) is 5.65 Å². The minimum absolute atomic E-state index is 0.131. The van der Waals surface area contributed by atoms with Crippen molar-refractivity contribution in [3.63, 3.8) is 0 Å². The molecule has 6 nitrogen and oxygen atoms in total. The van der Waals surface area contributed by atoms with Gasteiger partial charge < -0.3 is 10.4 Å². The molecule has 0 saturated heterocycles. The summed E-state index contributed by atoms with van der Waals surface area (Å²) in [6, 6.07) is 3.92. The number of fused-ring (bicyclic) bond motifs is 1. The van der Waals surface area contributed by atoms with E-state index in [4.69, 9.17) is 5.11 Å². The van der Waals surface area contributed by atoms with Crippen LogP contribution < -0.4 is 5.32 Å². The molecule has 2 rings (SSSR count). The predicted octanol–water partition coefficient (Wildman–Crippen LogP) is 2.09. The van der Waals surface area contributed by atoms with Crippen LogP contribution in [0.5, 0.6) is 0 Å². The van der Waals surface area contributed by atoms with Crippen LogP contribution in [0.2, 0.25) is 0 Å². The molecule has 102 valence electrons. The van der Waals surface area contributed by atoms with Gasteiger partial charge in [-0.3, -0.25) is 4.79 Å². The molecule has 0 radical (unpaired) electrons. The summed E-state index contributed by atoms with van der Waals surface area (Å²) in [6.45, 7) is 5.94. The summed E-state index contributed by atoms with van der Waals surface area (Å²) < 4.78 is 1.72. The number of carboxylic acids is 1. The van der Waals surface area contributed by atoms with Gasteiger partial charge in [0.1, 0.15) is 12.1 Å². The first-order chi connectivity index (χ1) is 8.87. The third-order valence-electron chi connectivity index (χ3n) is 2.95. The topological polar surface area (TPSA) is 79.5 Å². The number of hydrogen-bond acceptors (Lipinski definition) is 4.